The first-order valence-corrected chi connectivity index (χ1v) is 9.63. The molecule has 0 atom stereocenters. The highest BCUT2D eigenvalue weighted by Crippen LogP contribution is 2.22. The van der Waals surface area contributed by atoms with Crippen LogP contribution in [0.5, 0.6) is 5.88 Å². The van der Waals surface area contributed by atoms with Crippen LogP contribution in [0.3, 0.4) is 0 Å². The molecule has 6 heteroatoms. The summed E-state index contributed by atoms with van der Waals surface area (Å²) in [7, 11) is 0. The van der Waals surface area contributed by atoms with Gasteiger partial charge in [-0.1, -0.05) is 26.2 Å². The van der Waals surface area contributed by atoms with Crippen LogP contribution in [0.1, 0.15) is 57.6 Å². The topological polar surface area (TPSA) is 67.3 Å². The van der Waals surface area contributed by atoms with Crippen molar-refractivity contribution in [2.75, 3.05) is 24.6 Å². The van der Waals surface area contributed by atoms with Crippen LogP contribution >= 0.6 is 0 Å². The summed E-state index contributed by atoms with van der Waals surface area (Å²) in [5.41, 5.74) is 0.867. The number of nitrogens with one attached hydrogen (secondary N) is 1. The van der Waals surface area contributed by atoms with E-state index in [1.165, 1.54) is 19.3 Å². The lowest BCUT2D eigenvalue weighted by molar-refractivity contribution is -0.124. The molecule has 138 valence electrons. The maximum Gasteiger partial charge on any atom is 0.258 e. The van der Waals surface area contributed by atoms with Crippen LogP contribution in [0, 0.1) is 12.8 Å². The Labute approximate surface area is 150 Å². The highest BCUT2D eigenvalue weighted by atomic mass is 16.5. The Bertz CT molecular complexity index is 579. The number of carbonyl (C=O) groups excluding carboxylic acids is 1. The van der Waals surface area contributed by atoms with Gasteiger partial charge in [-0.15, -0.1) is 0 Å². The van der Waals surface area contributed by atoms with Crippen LogP contribution in [0.15, 0.2) is 6.07 Å². The molecule has 0 unspecified atom stereocenters. The fourth-order valence-corrected chi connectivity index (χ4v) is 3.60. The average Bonchev–Trinajstić information content (AvgIpc) is 2.61. The smallest absolute Gasteiger partial charge is 0.258 e. The second kappa shape index (κ2) is 8.50. The van der Waals surface area contributed by atoms with E-state index < -0.39 is 0 Å². The fourth-order valence-electron chi connectivity index (χ4n) is 3.60. The Morgan fingerprint density at radius 2 is 1.92 bits per heavy atom. The molecule has 1 aliphatic heterocycles. The van der Waals surface area contributed by atoms with Crippen LogP contribution in [-0.4, -0.2) is 41.6 Å². The number of amides is 1. The van der Waals surface area contributed by atoms with Gasteiger partial charge in [0.15, 0.2) is 6.61 Å². The van der Waals surface area contributed by atoms with Gasteiger partial charge in [0, 0.05) is 30.9 Å². The summed E-state index contributed by atoms with van der Waals surface area (Å²) in [4.78, 5) is 23.4. The van der Waals surface area contributed by atoms with Gasteiger partial charge >= 0.3 is 0 Å². The number of nitrogens with zero attached hydrogens (tertiary/aromatic N) is 3. The fraction of sp³-hybridized carbons (Fsp3) is 0.737. The van der Waals surface area contributed by atoms with Crippen LogP contribution in [-0.2, 0) is 4.79 Å². The molecule has 1 N–H and O–H groups in total. The van der Waals surface area contributed by atoms with Crippen molar-refractivity contribution in [3.63, 3.8) is 0 Å². The molecule has 2 aliphatic rings. The summed E-state index contributed by atoms with van der Waals surface area (Å²) >= 11 is 0. The molecule has 1 amide bonds. The molecule has 2 fully saturated rings. The quantitative estimate of drug-likeness (QED) is 0.888. The normalized spacial score (nSPS) is 19.7. The van der Waals surface area contributed by atoms with E-state index >= 15 is 0 Å². The molecule has 1 aromatic heterocycles. The molecular formula is C19H30N4O2. The van der Waals surface area contributed by atoms with Crippen LogP contribution < -0.4 is 15.0 Å². The number of aryl methyl sites for hydroxylation is 1. The van der Waals surface area contributed by atoms with E-state index in [4.69, 9.17) is 4.74 Å². The van der Waals surface area contributed by atoms with Crippen molar-refractivity contribution in [3.8, 4) is 5.88 Å². The zero-order valence-corrected chi connectivity index (χ0v) is 15.5. The summed E-state index contributed by atoms with van der Waals surface area (Å²) in [6.07, 6.45) is 8.17. The molecule has 1 saturated heterocycles. The minimum atomic E-state index is -0.0588. The van der Waals surface area contributed by atoms with E-state index in [1.54, 1.807) is 6.07 Å². The highest BCUT2D eigenvalue weighted by Gasteiger charge is 2.20. The first kappa shape index (κ1) is 18.0. The Morgan fingerprint density at radius 3 is 2.64 bits per heavy atom. The minimum absolute atomic E-state index is 0.0173. The number of anilines is 1. The largest absolute Gasteiger partial charge is 0.467 e. The van der Waals surface area contributed by atoms with Crippen molar-refractivity contribution in [2.24, 2.45) is 5.92 Å². The van der Waals surface area contributed by atoms with Gasteiger partial charge in [0.1, 0.15) is 0 Å². The molecule has 3 rings (SSSR count). The molecule has 2 heterocycles. The number of carbonyl (C=O) groups is 1. The van der Waals surface area contributed by atoms with Crippen molar-refractivity contribution in [3.05, 3.63) is 11.8 Å². The van der Waals surface area contributed by atoms with E-state index in [0.29, 0.717) is 11.9 Å². The third-order valence-corrected chi connectivity index (χ3v) is 5.21. The molecule has 0 spiro atoms. The molecule has 1 aliphatic carbocycles. The Kier molecular flexibility index (Phi) is 6.10. The van der Waals surface area contributed by atoms with E-state index in [9.17, 15) is 4.79 Å². The van der Waals surface area contributed by atoms with Crippen molar-refractivity contribution >= 4 is 11.9 Å². The zero-order valence-electron chi connectivity index (χ0n) is 15.5. The van der Waals surface area contributed by atoms with Gasteiger partial charge in [-0.3, -0.25) is 4.79 Å². The molecule has 0 radical (unpaired) electrons. The summed E-state index contributed by atoms with van der Waals surface area (Å²) in [6, 6.07) is 2.10. The van der Waals surface area contributed by atoms with Gasteiger partial charge in [-0.2, -0.15) is 4.98 Å². The summed E-state index contributed by atoms with van der Waals surface area (Å²) < 4.78 is 5.65. The Hall–Kier alpha value is -1.85. The lowest BCUT2D eigenvalue weighted by atomic mass is 9.95. The molecular weight excluding hydrogens is 316 g/mol. The first-order valence-electron chi connectivity index (χ1n) is 9.63. The summed E-state index contributed by atoms with van der Waals surface area (Å²) in [6.45, 7) is 6.20. The maximum absolute atomic E-state index is 12.1. The third-order valence-electron chi connectivity index (χ3n) is 5.21. The molecule has 0 aromatic carbocycles. The average molecular weight is 346 g/mol. The number of piperidine rings is 1. The van der Waals surface area contributed by atoms with Gasteiger partial charge in [0.2, 0.25) is 11.8 Å². The maximum atomic E-state index is 12.1. The predicted molar refractivity (Wildman–Crippen MR) is 97.9 cm³/mol. The van der Waals surface area contributed by atoms with Gasteiger partial charge in [-0.25, -0.2) is 4.98 Å². The highest BCUT2D eigenvalue weighted by molar-refractivity contribution is 5.77. The van der Waals surface area contributed by atoms with Crippen LogP contribution in [0.2, 0.25) is 0 Å². The molecule has 25 heavy (non-hydrogen) atoms. The van der Waals surface area contributed by atoms with E-state index in [1.807, 2.05) is 6.92 Å². The second-order valence-electron chi connectivity index (χ2n) is 7.51. The van der Waals surface area contributed by atoms with Crippen LogP contribution in [0.4, 0.5) is 5.95 Å². The van der Waals surface area contributed by atoms with Gasteiger partial charge in [0.05, 0.1) is 0 Å². The SMILES string of the molecule is Cc1cc(OCC(=O)NC2CCCCC2)nc(N2CCC(C)CC2)n1. The van der Waals surface area contributed by atoms with E-state index in [2.05, 4.69) is 27.1 Å². The van der Waals surface area contributed by atoms with Gasteiger partial charge in [0.25, 0.3) is 5.91 Å². The molecule has 1 aromatic rings. The third kappa shape index (κ3) is 5.31. The first-order chi connectivity index (χ1) is 12.1. The lowest BCUT2D eigenvalue weighted by Gasteiger charge is -2.30. The zero-order chi connectivity index (χ0) is 17.6. The van der Waals surface area contributed by atoms with Gasteiger partial charge in [-0.05, 0) is 38.5 Å². The molecule has 0 bridgehead atoms. The standard InChI is InChI=1S/C19H30N4O2/c1-14-8-10-23(11-9-14)19-20-15(2)12-18(22-19)25-13-17(24)21-16-6-4-3-5-7-16/h12,14,16H,3-11,13H2,1-2H3,(H,21,24). The van der Waals surface area contributed by atoms with Crippen molar-refractivity contribution in [2.45, 2.75) is 64.8 Å². The number of rotatable bonds is 5. The lowest BCUT2D eigenvalue weighted by Crippen LogP contribution is -2.39. The number of ether oxygens (including phenoxy) is 1. The number of hydrogen-bond acceptors (Lipinski definition) is 5. The monoisotopic (exact) mass is 346 g/mol. The van der Waals surface area contributed by atoms with E-state index in [0.717, 1.165) is 56.3 Å². The predicted octanol–water partition coefficient (Wildman–Crippen LogP) is 2.85. The minimum Gasteiger partial charge on any atom is -0.467 e. The number of aromatic nitrogens is 2. The van der Waals surface area contributed by atoms with Crippen LogP contribution in [0.25, 0.3) is 0 Å². The summed E-state index contributed by atoms with van der Waals surface area (Å²) in [5.74, 6) is 1.91. The second-order valence-corrected chi connectivity index (χ2v) is 7.51. The van der Waals surface area contributed by atoms with Crippen molar-refractivity contribution < 1.29 is 9.53 Å². The Morgan fingerprint density at radius 1 is 1.20 bits per heavy atom. The van der Waals surface area contributed by atoms with Crippen molar-refractivity contribution in [1.29, 1.82) is 0 Å². The molecule has 6 nitrogen and oxygen atoms in total. The van der Waals surface area contributed by atoms with Gasteiger partial charge < -0.3 is 15.0 Å². The van der Waals surface area contributed by atoms with Crippen molar-refractivity contribution in [1.82, 2.24) is 15.3 Å². The van der Waals surface area contributed by atoms with E-state index in [-0.39, 0.29) is 12.5 Å². The Balaban J connectivity index is 1.54. The molecule has 1 saturated carbocycles. The number of hydrogen-bond donors (Lipinski definition) is 1. The summed E-state index contributed by atoms with van der Waals surface area (Å²) in [5, 5.41) is 3.07.